The SMILES string of the molecule is CC(=O)[C@H]1CCC2C3CCC4=CC(=NCC(=O)[C@@H](NC(=O)OCC5c6ccccc6-c6ccccc65)C(C)C)CC[C@]4(C)C3CC[C@@]21C. The lowest BCUT2D eigenvalue weighted by Gasteiger charge is -2.58. The van der Waals surface area contributed by atoms with Crippen LogP contribution in [0.4, 0.5) is 4.79 Å². The molecule has 0 heterocycles. The van der Waals surface area contributed by atoms with Crippen LogP contribution in [-0.4, -0.2) is 42.6 Å². The fraction of sp³-hybridized carbons (Fsp3) is 0.571. The summed E-state index contributed by atoms with van der Waals surface area (Å²) < 4.78 is 5.76. The quantitative estimate of drug-likeness (QED) is 0.310. The number of rotatable bonds is 8. The van der Waals surface area contributed by atoms with Crippen LogP contribution >= 0.6 is 0 Å². The Morgan fingerprint density at radius 3 is 2.25 bits per heavy atom. The lowest BCUT2D eigenvalue weighted by molar-refractivity contribution is -0.127. The van der Waals surface area contributed by atoms with Crippen LogP contribution in [0.5, 0.6) is 0 Å². The summed E-state index contributed by atoms with van der Waals surface area (Å²) in [6, 6.07) is 15.9. The third kappa shape index (κ3) is 5.57. The summed E-state index contributed by atoms with van der Waals surface area (Å²) in [6.45, 7) is 10.9. The summed E-state index contributed by atoms with van der Waals surface area (Å²) in [4.78, 5) is 43.9. The van der Waals surface area contributed by atoms with Gasteiger partial charge < -0.3 is 10.1 Å². The Morgan fingerprint density at radius 1 is 0.896 bits per heavy atom. The van der Waals surface area contributed by atoms with Gasteiger partial charge >= 0.3 is 6.09 Å². The average Bonchev–Trinajstić information content (AvgIpc) is 3.60. The van der Waals surface area contributed by atoms with E-state index >= 15 is 0 Å². The first-order valence-electron chi connectivity index (χ1n) is 18.4. The lowest BCUT2D eigenvalue weighted by Crippen LogP contribution is -2.51. The number of alkyl carbamates (subject to hydrolysis) is 1. The molecular weight excluding hydrogens is 596 g/mol. The maximum Gasteiger partial charge on any atom is 0.407 e. The van der Waals surface area contributed by atoms with Crippen molar-refractivity contribution in [2.45, 2.75) is 97.9 Å². The molecule has 0 spiro atoms. The highest BCUT2D eigenvalue weighted by atomic mass is 16.5. The van der Waals surface area contributed by atoms with E-state index in [4.69, 9.17) is 9.73 Å². The molecular formula is C42H52N2O4. The molecule has 7 atom stereocenters. The minimum absolute atomic E-state index is 0.0309. The second-order valence-electron chi connectivity index (χ2n) is 16.3. The van der Waals surface area contributed by atoms with E-state index in [9.17, 15) is 14.4 Å². The van der Waals surface area contributed by atoms with Crippen molar-refractivity contribution >= 4 is 23.4 Å². The van der Waals surface area contributed by atoms with Gasteiger partial charge in [0.1, 0.15) is 12.4 Å². The minimum Gasteiger partial charge on any atom is -0.449 e. The number of hydrogen-bond donors (Lipinski definition) is 1. The van der Waals surface area contributed by atoms with E-state index in [2.05, 4.69) is 49.5 Å². The van der Waals surface area contributed by atoms with Crippen molar-refractivity contribution in [2.75, 3.05) is 13.2 Å². The standard InChI is InChI=1S/C42H52N2O4/c1-25(2)39(44-40(47)48-24-34-31-12-8-6-10-29(31)30-11-7-9-13-32(30)34)38(46)23-43-28-18-20-41(4)27(22-28)14-15-33-36-17-16-35(26(3)45)42(36,5)21-19-37(33)41/h6-13,22,25,33-37,39H,14-21,23-24H2,1-5H3,(H,44,47)/t33?,35-,36?,37?,39+,41+,42-/m1/s1. The fourth-order valence-electron chi connectivity index (χ4n) is 11.0. The molecule has 48 heavy (non-hydrogen) atoms. The number of fused-ring (bicyclic) bond motifs is 8. The molecule has 6 nitrogen and oxygen atoms in total. The molecule has 5 aliphatic rings. The number of hydrogen-bond acceptors (Lipinski definition) is 5. The van der Waals surface area contributed by atoms with Crippen molar-refractivity contribution in [3.05, 3.63) is 71.3 Å². The van der Waals surface area contributed by atoms with E-state index in [1.807, 2.05) is 38.1 Å². The molecule has 0 bridgehead atoms. The molecule has 3 fully saturated rings. The van der Waals surface area contributed by atoms with Crippen LogP contribution in [0.25, 0.3) is 11.1 Å². The first-order chi connectivity index (χ1) is 23.0. The van der Waals surface area contributed by atoms with E-state index in [0.29, 0.717) is 23.5 Å². The average molecular weight is 649 g/mol. The zero-order valence-corrected chi connectivity index (χ0v) is 29.4. The molecule has 0 saturated heterocycles. The van der Waals surface area contributed by atoms with E-state index in [-0.39, 0.29) is 47.5 Å². The highest BCUT2D eigenvalue weighted by Crippen LogP contribution is 2.66. The largest absolute Gasteiger partial charge is 0.449 e. The third-order valence-electron chi connectivity index (χ3n) is 13.5. The summed E-state index contributed by atoms with van der Waals surface area (Å²) >= 11 is 0. The van der Waals surface area contributed by atoms with E-state index in [0.717, 1.165) is 48.9 Å². The molecule has 1 amide bonds. The molecule has 254 valence electrons. The second kappa shape index (κ2) is 12.7. The number of nitrogens with one attached hydrogen (secondary N) is 1. The summed E-state index contributed by atoms with van der Waals surface area (Å²) in [7, 11) is 0. The smallest absolute Gasteiger partial charge is 0.407 e. The number of aliphatic imine (C=N–C) groups is 1. The van der Waals surface area contributed by atoms with Crippen molar-refractivity contribution in [2.24, 2.45) is 45.4 Å². The minimum atomic E-state index is -0.663. The number of ether oxygens (including phenoxy) is 1. The number of amides is 1. The van der Waals surface area contributed by atoms with Gasteiger partial charge in [-0.15, -0.1) is 0 Å². The molecule has 2 aromatic carbocycles. The van der Waals surface area contributed by atoms with Crippen molar-refractivity contribution in [1.82, 2.24) is 5.32 Å². The van der Waals surface area contributed by atoms with Crippen molar-refractivity contribution in [3.63, 3.8) is 0 Å². The Kier molecular flexibility index (Phi) is 8.75. The van der Waals surface area contributed by atoms with Crippen LogP contribution in [0, 0.1) is 40.4 Å². The molecule has 0 radical (unpaired) electrons. The Morgan fingerprint density at radius 2 is 1.58 bits per heavy atom. The Labute approximate surface area is 286 Å². The Hall–Kier alpha value is -3.54. The van der Waals surface area contributed by atoms with Gasteiger partial charge in [-0.3, -0.25) is 14.6 Å². The van der Waals surface area contributed by atoms with E-state index < -0.39 is 12.1 Å². The molecule has 3 saturated carbocycles. The van der Waals surface area contributed by atoms with Gasteiger partial charge in [0, 0.05) is 17.5 Å². The first kappa shape index (κ1) is 33.0. The van der Waals surface area contributed by atoms with Crippen molar-refractivity contribution < 1.29 is 19.1 Å². The molecule has 1 N–H and O–H groups in total. The van der Waals surface area contributed by atoms with Crippen LogP contribution in [0.3, 0.4) is 0 Å². The van der Waals surface area contributed by atoms with Gasteiger partial charge in [-0.1, -0.05) is 81.8 Å². The van der Waals surface area contributed by atoms with Crippen LogP contribution in [0.2, 0.25) is 0 Å². The molecule has 6 heteroatoms. The van der Waals surface area contributed by atoms with Crippen molar-refractivity contribution in [3.8, 4) is 11.1 Å². The predicted molar refractivity (Wildman–Crippen MR) is 190 cm³/mol. The van der Waals surface area contributed by atoms with Gasteiger partial charge in [0.2, 0.25) is 0 Å². The second-order valence-corrected chi connectivity index (χ2v) is 16.3. The first-order valence-corrected chi connectivity index (χ1v) is 18.4. The fourth-order valence-corrected chi connectivity index (χ4v) is 11.0. The number of carbonyl (C=O) groups is 3. The zero-order chi connectivity index (χ0) is 33.8. The van der Waals surface area contributed by atoms with Gasteiger partial charge in [-0.05, 0) is 121 Å². The van der Waals surface area contributed by atoms with Gasteiger partial charge in [-0.25, -0.2) is 4.79 Å². The normalized spacial score (nSPS) is 32.0. The highest BCUT2D eigenvalue weighted by Gasteiger charge is 2.59. The van der Waals surface area contributed by atoms with Crippen LogP contribution in [0.1, 0.15) is 103 Å². The summed E-state index contributed by atoms with van der Waals surface area (Å²) in [5.41, 5.74) is 7.54. The summed E-state index contributed by atoms with van der Waals surface area (Å²) in [5.74, 6) is 2.45. The molecule has 5 aliphatic carbocycles. The monoisotopic (exact) mass is 648 g/mol. The topological polar surface area (TPSA) is 84.8 Å². The van der Waals surface area contributed by atoms with Crippen LogP contribution in [-0.2, 0) is 14.3 Å². The zero-order valence-electron chi connectivity index (χ0n) is 29.4. The van der Waals surface area contributed by atoms with E-state index in [1.54, 1.807) is 6.92 Å². The maximum atomic E-state index is 13.5. The van der Waals surface area contributed by atoms with Crippen molar-refractivity contribution in [1.29, 1.82) is 0 Å². The van der Waals surface area contributed by atoms with E-state index in [1.165, 1.54) is 36.0 Å². The summed E-state index contributed by atoms with van der Waals surface area (Å²) in [6.07, 6.45) is 10.6. The molecule has 0 aromatic heterocycles. The van der Waals surface area contributed by atoms with Gasteiger partial charge in [-0.2, -0.15) is 0 Å². The highest BCUT2D eigenvalue weighted by molar-refractivity contribution is 5.99. The van der Waals surface area contributed by atoms with Crippen LogP contribution in [0.15, 0.2) is 65.2 Å². The Balaban J connectivity index is 0.976. The van der Waals surface area contributed by atoms with Gasteiger partial charge in [0.25, 0.3) is 0 Å². The summed E-state index contributed by atoms with van der Waals surface area (Å²) in [5, 5.41) is 2.87. The number of allylic oxidation sites excluding steroid dienone is 2. The Bertz CT molecular complexity index is 1630. The van der Waals surface area contributed by atoms with Gasteiger partial charge in [0.15, 0.2) is 5.78 Å². The number of carbonyl (C=O) groups excluding carboxylic acids is 3. The lowest BCUT2D eigenvalue weighted by atomic mass is 9.46. The molecule has 0 aliphatic heterocycles. The third-order valence-corrected chi connectivity index (χ3v) is 13.5. The predicted octanol–water partition coefficient (Wildman–Crippen LogP) is 8.73. The maximum absolute atomic E-state index is 13.5. The van der Waals surface area contributed by atoms with Crippen LogP contribution < -0.4 is 5.32 Å². The number of Topliss-reactive ketones (excluding diaryl/α,β-unsaturated/α-hetero) is 2. The molecule has 3 unspecified atom stereocenters. The number of ketones is 2. The number of nitrogens with zero attached hydrogens (tertiary/aromatic N) is 1. The molecule has 7 rings (SSSR count). The van der Waals surface area contributed by atoms with Gasteiger partial charge in [0.05, 0.1) is 12.6 Å². The number of benzene rings is 2. The molecule has 2 aromatic rings.